The van der Waals surface area contributed by atoms with E-state index >= 15 is 0 Å². The number of hydrogen-bond acceptors (Lipinski definition) is 3. The van der Waals surface area contributed by atoms with Crippen LogP contribution in [0, 0.1) is 0 Å². The van der Waals surface area contributed by atoms with E-state index in [-0.39, 0.29) is 12.0 Å². The Morgan fingerprint density at radius 1 is 1.18 bits per heavy atom. The van der Waals surface area contributed by atoms with Crippen LogP contribution in [-0.4, -0.2) is 49.2 Å². The average molecular weight is 302 g/mol. The molecule has 0 bridgehead atoms. The van der Waals surface area contributed by atoms with Gasteiger partial charge in [-0.05, 0) is 37.7 Å². The lowest BCUT2D eigenvalue weighted by molar-refractivity contribution is -0.131. The Kier molecular flexibility index (Phi) is 5.46. The molecule has 0 spiro atoms. The molecule has 1 amide bonds. The normalized spacial score (nSPS) is 23.5. The van der Waals surface area contributed by atoms with Crippen LogP contribution < -0.4 is 5.32 Å². The number of rotatable bonds is 5. The van der Waals surface area contributed by atoms with E-state index in [2.05, 4.69) is 40.5 Å². The van der Waals surface area contributed by atoms with Crippen LogP contribution in [-0.2, 0) is 16.0 Å². The van der Waals surface area contributed by atoms with Gasteiger partial charge in [-0.1, -0.05) is 30.3 Å². The van der Waals surface area contributed by atoms with Crippen LogP contribution >= 0.6 is 0 Å². The van der Waals surface area contributed by atoms with E-state index in [1.54, 1.807) is 0 Å². The van der Waals surface area contributed by atoms with Gasteiger partial charge in [0.2, 0.25) is 5.91 Å². The summed E-state index contributed by atoms with van der Waals surface area (Å²) in [4.78, 5) is 14.6. The number of ether oxygens (including phenoxy) is 1. The van der Waals surface area contributed by atoms with Crippen LogP contribution in [0.2, 0.25) is 0 Å². The number of nitrogens with one attached hydrogen (secondary N) is 1. The summed E-state index contributed by atoms with van der Waals surface area (Å²) >= 11 is 0. The van der Waals surface area contributed by atoms with Crippen molar-refractivity contribution in [3.05, 3.63) is 35.9 Å². The predicted octanol–water partition coefficient (Wildman–Crippen LogP) is 1.99. The van der Waals surface area contributed by atoms with Gasteiger partial charge in [0.1, 0.15) is 6.10 Å². The minimum atomic E-state index is -0.198. The molecule has 0 aromatic heterocycles. The smallest absolute Gasteiger partial charge is 0.249 e. The number of amides is 1. The highest BCUT2D eigenvalue weighted by atomic mass is 16.5. The minimum absolute atomic E-state index is 0.0974. The first-order chi connectivity index (χ1) is 10.8. The van der Waals surface area contributed by atoms with Gasteiger partial charge in [0.25, 0.3) is 0 Å². The first-order valence-electron chi connectivity index (χ1n) is 8.49. The third-order valence-electron chi connectivity index (χ3n) is 4.72. The molecule has 2 aliphatic rings. The lowest BCUT2D eigenvalue weighted by Crippen LogP contribution is -2.47. The molecule has 2 aliphatic heterocycles. The fraction of sp³-hybridized carbons (Fsp3) is 0.611. The number of carbonyl (C=O) groups is 1. The lowest BCUT2D eigenvalue weighted by Gasteiger charge is -2.32. The molecule has 3 rings (SSSR count). The fourth-order valence-electron chi connectivity index (χ4n) is 3.31. The summed E-state index contributed by atoms with van der Waals surface area (Å²) < 4.78 is 5.44. The second-order valence-electron chi connectivity index (χ2n) is 6.36. The second kappa shape index (κ2) is 7.75. The molecule has 120 valence electrons. The molecule has 1 aromatic carbocycles. The summed E-state index contributed by atoms with van der Waals surface area (Å²) in [7, 11) is 0. The Labute approximate surface area is 132 Å². The van der Waals surface area contributed by atoms with Crippen molar-refractivity contribution in [1.29, 1.82) is 0 Å². The zero-order valence-electron chi connectivity index (χ0n) is 13.2. The van der Waals surface area contributed by atoms with Crippen LogP contribution in [0.5, 0.6) is 0 Å². The van der Waals surface area contributed by atoms with Crippen molar-refractivity contribution in [3.8, 4) is 0 Å². The standard InChI is InChI=1S/C18H26N2O2/c21-18(17-7-4-14-22-17)19-16-9-12-20(13-10-16)11-8-15-5-2-1-3-6-15/h1-3,5-6,16-17H,4,7-14H2,(H,19,21)/t17-/m1/s1. The van der Waals surface area contributed by atoms with Crippen LogP contribution in [0.4, 0.5) is 0 Å². The Hall–Kier alpha value is -1.39. The molecule has 0 unspecified atom stereocenters. The first-order valence-corrected chi connectivity index (χ1v) is 8.49. The van der Waals surface area contributed by atoms with Crippen molar-refractivity contribution >= 4 is 5.91 Å². The molecular weight excluding hydrogens is 276 g/mol. The van der Waals surface area contributed by atoms with Gasteiger partial charge in [-0.15, -0.1) is 0 Å². The maximum Gasteiger partial charge on any atom is 0.249 e. The number of nitrogens with zero attached hydrogens (tertiary/aromatic N) is 1. The van der Waals surface area contributed by atoms with Crippen LogP contribution in [0.25, 0.3) is 0 Å². The van der Waals surface area contributed by atoms with Gasteiger partial charge in [-0.2, -0.15) is 0 Å². The molecule has 4 heteroatoms. The summed E-state index contributed by atoms with van der Waals surface area (Å²) in [6.45, 7) is 3.99. The van der Waals surface area contributed by atoms with Gasteiger partial charge in [0, 0.05) is 32.3 Å². The topological polar surface area (TPSA) is 41.6 Å². The third kappa shape index (κ3) is 4.31. The van der Waals surface area contributed by atoms with Crippen LogP contribution in [0.3, 0.4) is 0 Å². The van der Waals surface area contributed by atoms with Gasteiger partial charge < -0.3 is 15.0 Å². The predicted molar refractivity (Wildman–Crippen MR) is 86.7 cm³/mol. The molecule has 0 saturated carbocycles. The van der Waals surface area contributed by atoms with E-state index in [4.69, 9.17) is 4.74 Å². The number of likely N-dealkylation sites (tertiary alicyclic amines) is 1. The van der Waals surface area contributed by atoms with Crippen molar-refractivity contribution in [2.45, 2.75) is 44.2 Å². The first kappa shape index (κ1) is 15.5. The molecule has 1 aromatic rings. The second-order valence-corrected chi connectivity index (χ2v) is 6.36. The molecule has 1 atom stereocenters. The van der Waals surface area contributed by atoms with Crippen molar-refractivity contribution in [2.24, 2.45) is 0 Å². The highest BCUT2D eigenvalue weighted by Crippen LogP contribution is 2.15. The van der Waals surface area contributed by atoms with E-state index in [0.29, 0.717) is 6.04 Å². The molecule has 4 nitrogen and oxygen atoms in total. The summed E-state index contributed by atoms with van der Waals surface area (Å²) in [5, 5.41) is 3.16. The zero-order valence-corrected chi connectivity index (χ0v) is 13.2. The fourth-order valence-corrected chi connectivity index (χ4v) is 3.31. The monoisotopic (exact) mass is 302 g/mol. The number of piperidine rings is 1. The summed E-state index contributed by atoms with van der Waals surface area (Å²) in [6.07, 6.45) is 4.89. The maximum atomic E-state index is 12.1. The Morgan fingerprint density at radius 3 is 2.64 bits per heavy atom. The number of benzene rings is 1. The molecule has 2 fully saturated rings. The summed E-state index contributed by atoms with van der Waals surface area (Å²) in [5.41, 5.74) is 1.40. The van der Waals surface area contributed by atoms with Crippen molar-refractivity contribution in [3.63, 3.8) is 0 Å². The van der Waals surface area contributed by atoms with E-state index < -0.39 is 0 Å². The highest BCUT2D eigenvalue weighted by Gasteiger charge is 2.27. The molecule has 0 radical (unpaired) electrons. The Bertz CT molecular complexity index is 463. The van der Waals surface area contributed by atoms with Gasteiger partial charge >= 0.3 is 0 Å². The molecule has 2 saturated heterocycles. The molecular formula is C18H26N2O2. The highest BCUT2D eigenvalue weighted by molar-refractivity contribution is 5.81. The van der Waals surface area contributed by atoms with Crippen molar-refractivity contribution < 1.29 is 9.53 Å². The van der Waals surface area contributed by atoms with Crippen molar-refractivity contribution in [1.82, 2.24) is 10.2 Å². The van der Waals surface area contributed by atoms with Crippen LogP contribution in [0.15, 0.2) is 30.3 Å². The van der Waals surface area contributed by atoms with Gasteiger partial charge in [0.05, 0.1) is 0 Å². The minimum Gasteiger partial charge on any atom is -0.368 e. The van der Waals surface area contributed by atoms with E-state index in [0.717, 1.165) is 58.3 Å². The van der Waals surface area contributed by atoms with Gasteiger partial charge in [-0.3, -0.25) is 4.79 Å². The van der Waals surface area contributed by atoms with E-state index in [1.165, 1.54) is 5.56 Å². The van der Waals surface area contributed by atoms with E-state index in [9.17, 15) is 4.79 Å². The molecule has 1 N–H and O–H groups in total. The molecule has 2 heterocycles. The average Bonchev–Trinajstić information content (AvgIpc) is 3.10. The summed E-state index contributed by atoms with van der Waals surface area (Å²) in [5.74, 6) is 0.0974. The number of carbonyl (C=O) groups excluding carboxylic acids is 1. The largest absolute Gasteiger partial charge is 0.368 e. The molecule has 22 heavy (non-hydrogen) atoms. The lowest BCUT2D eigenvalue weighted by atomic mass is 10.0. The maximum absolute atomic E-state index is 12.1. The van der Waals surface area contributed by atoms with Crippen LogP contribution in [0.1, 0.15) is 31.2 Å². The summed E-state index contributed by atoms with van der Waals surface area (Å²) in [6, 6.07) is 11.0. The quantitative estimate of drug-likeness (QED) is 0.904. The molecule has 0 aliphatic carbocycles. The van der Waals surface area contributed by atoms with E-state index in [1.807, 2.05) is 0 Å². The van der Waals surface area contributed by atoms with Gasteiger partial charge in [0.15, 0.2) is 0 Å². The Balaban J connectivity index is 1.36. The third-order valence-corrected chi connectivity index (χ3v) is 4.72. The van der Waals surface area contributed by atoms with Gasteiger partial charge in [-0.25, -0.2) is 0 Å². The Morgan fingerprint density at radius 2 is 1.95 bits per heavy atom. The van der Waals surface area contributed by atoms with Crippen molar-refractivity contribution in [2.75, 3.05) is 26.2 Å². The SMILES string of the molecule is O=C(NC1CCN(CCc2ccccc2)CC1)[C@H]1CCCO1. The number of hydrogen-bond donors (Lipinski definition) is 1. The zero-order chi connectivity index (χ0) is 15.2.